The molecule has 5 nitrogen and oxygen atoms in total. The summed E-state index contributed by atoms with van der Waals surface area (Å²) in [5.41, 5.74) is 1.34. The molecule has 0 radical (unpaired) electrons. The number of piperidine rings is 1. The average Bonchev–Trinajstić information content (AvgIpc) is 2.96. The average molecular weight is 270 g/mol. The summed E-state index contributed by atoms with van der Waals surface area (Å²) >= 11 is 0. The first-order valence-electron chi connectivity index (χ1n) is 7.06. The van der Waals surface area contributed by atoms with Gasteiger partial charge < -0.3 is 15.5 Å². The number of amides is 2. The van der Waals surface area contributed by atoms with Crippen molar-refractivity contribution in [2.75, 3.05) is 25.0 Å². The van der Waals surface area contributed by atoms with Gasteiger partial charge in [0.1, 0.15) is 0 Å². The molecule has 104 valence electrons. The minimum Gasteiger partial charge on any atom is -0.320 e. The molecular formula is C15H18N4O. The number of anilines is 1. The number of nitrogens with one attached hydrogen (secondary N) is 2. The standard InChI is InChI=1S/C15H18N4O/c16-8-11-3-5-13(6-4-11)18-15(20)19-7-1-2-12-9-17-10-14(12)19/h3-6,12,14,17H,1-2,7,9-10H2,(H,18,20). The van der Waals surface area contributed by atoms with Gasteiger partial charge in [-0.1, -0.05) is 0 Å². The van der Waals surface area contributed by atoms with Gasteiger partial charge in [-0.3, -0.25) is 0 Å². The molecule has 2 amide bonds. The monoisotopic (exact) mass is 270 g/mol. The van der Waals surface area contributed by atoms with E-state index in [4.69, 9.17) is 5.26 Å². The number of benzene rings is 1. The molecule has 3 rings (SSSR count). The Balaban J connectivity index is 1.67. The third-order valence-electron chi connectivity index (χ3n) is 4.20. The van der Waals surface area contributed by atoms with Crippen molar-refractivity contribution in [3.63, 3.8) is 0 Å². The SMILES string of the molecule is N#Cc1ccc(NC(=O)N2CCCC3CNCC32)cc1. The summed E-state index contributed by atoms with van der Waals surface area (Å²) in [4.78, 5) is 14.3. The Morgan fingerprint density at radius 1 is 1.35 bits per heavy atom. The van der Waals surface area contributed by atoms with Gasteiger partial charge in [-0.15, -0.1) is 0 Å². The van der Waals surface area contributed by atoms with E-state index in [1.54, 1.807) is 24.3 Å². The Kier molecular flexibility index (Phi) is 3.57. The number of hydrogen-bond donors (Lipinski definition) is 2. The van der Waals surface area contributed by atoms with Crippen LogP contribution in [0.25, 0.3) is 0 Å². The van der Waals surface area contributed by atoms with E-state index in [0.717, 1.165) is 31.7 Å². The zero-order chi connectivity index (χ0) is 13.9. The molecule has 2 aliphatic heterocycles. The molecule has 0 saturated carbocycles. The van der Waals surface area contributed by atoms with E-state index in [9.17, 15) is 4.79 Å². The van der Waals surface area contributed by atoms with Gasteiger partial charge in [0, 0.05) is 31.4 Å². The van der Waals surface area contributed by atoms with Crippen LogP contribution in [0.3, 0.4) is 0 Å². The normalized spacial score (nSPS) is 24.9. The van der Waals surface area contributed by atoms with Crippen LogP contribution in [0.4, 0.5) is 10.5 Å². The third-order valence-corrected chi connectivity index (χ3v) is 4.20. The molecule has 2 saturated heterocycles. The second-order valence-corrected chi connectivity index (χ2v) is 5.44. The zero-order valence-corrected chi connectivity index (χ0v) is 11.3. The quantitative estimate of drug-likeness (QED) is 0.817. The number of rotatable bonds is 1. The van der Waals surface area contributed by atoms with Crippen LogP contribution in [-0.4, -0.2) is 36.6 Å². The van der Waals surface area contributed by atoms with Crippen LogP contribution in [-0.2, 0) is 0 Å². The number of fused-ring (bicyclic) bond motifs is 1. The lowest BCUT2D eigenvalue weighted by Crippen LogP contribution is -2.50. The molecule has 2 N–H and O–H groups in total. The molecule has 0 bridgehead atoms. The van der Waals surface area contributed by atoms with Gasteiger partial charge in [-0.05, 0) is 43.0 Å². The molecule has 5 heteroatoms. The number of hydrogen-bond acceptors (Lipinski definition) is 3. The molecule has 2 unspecified atom stereocenters. The van der Waals surface area contributed by atoms with E-state index < -0.39 is 0 Å². The topological polar surface area (TPSA) is 68.2 Å². The largest absolute Gasteiger partial charge is 0.322 e. The summed E-state index contributed by atoms with van der Waals surface area (Å²) in [6, 6.07) is 9.32. The predicted molar refractivity (Wildman–Crippen MR) is 76.3 cm³/mol. The Bertz CT molecular complexity index is 534. The summed E-state index contributed by atoms with van der Waals surface area (Å²) in [5.74, 6) is 0.593. The Hall–Kier alpha value is -2.06. The molecular weight excluding hydrogens is 252 g/mol. The molecule has 20 heavy (non-hydrogen) atoms. The smallest absolute Gasteiger partial charge is 0.320 e. The van der Waals surface area contributed by atoms with Crippen LogP contribution < -0.4 is 10.6 Å². The highest BCUT2D eigenvalue weighted by Gasteiger charge is 2.37. The van der Waals surface area contributed by atoms with E-state index in [0.29, 0.717) is 17.5 Å². The van der Waals surface area contributed by atoms with Crippen LogP contribution in [0, 0.1) is 17.2 Å². The van der Waals surface area contributed by atoms with Crippen molar-refractivity contribution in [1.29, 1.82) is 5.26 Å². The number of carbonyl (C=O) groups is 1. The second-order valence-electron chi connectivity index (χ2n) is 5.44. The van der Waals surface area contributed by atoms with E-state index in [1.807, 2.05) is 4.90 Å². The lowest BCUT2D eigenvalue weighted by atomic mass is 9.92. The highest BCUT2D eigenvalue weighted by molar-refractivity contribution is 5.89. The van der Waals surface area contributed by atoms with Crippen molar-refractivity contribution in [3.8, 4) is 6.07 Å². The molecule has 0 aliphatic carbocycles. The molecule has 2 heterocycles. The number of likely N-dealkylation sites (tertiary alicyclic amines) is 1. The fourth-order valence-electron chi connectivity index (χ4n) is 3.14. The Morgan fingerprint density at radius 2 is 2.15 bits per heavy atom. The van der Waals surface area contributed by atoms with Gasteiger partial charge in [-0.25, -0.2) is 4.79 Å². The highest BCUT2D eigenvalue weighted by atomic mass is 16.2. The van der Waals surface area contributed by atoms with E-state index in [1.165, 1.54) is 6.42 Å². The lowest BCUT2D eigenvalue weighted by Gasteiger charge is -2.36. The molecule has 1 aromatic carbocycles. The molecule has 1 aromatic rings. The van der Waals surface area contributed by atoms with Crippen molar-refractivity contribution in [1.82, 2.24) is 10.2 Å². The summed E-state index contributed by atoms with van der Waals surface area (Å²) in [7, 11) is 0. The van der Waals surface area contributed by atoms with Crippen LogP contribution in [0.5, 0.6) is 0 Å². The van der Waals surface area contributed by atoms with Gasteiger partial charge in [0.05, 0.1) is 11.6 Å². The first-order chi connectivity index (χ1) is 9.78. The van der Waals surface area contributed by atoms with Gasteiger partial charge in [-0.2, -0.15) is 5.26 Å². The summed E-state index contributed by atoms with van der Waals surface area (Å²) in [6.07, 6.45) is 2.28. The van der Waals surface area contributed by atoms with Crippen LogP contribution >= 0.6 is 0 Å². The fraction of sp³-hybridized carbons (Fsp3) is 0.467. The van der Waals surface area contributed by atoms with Crippen molar-refractivity contribution in [2.45, 2.75) is 18.9 Å². The van der Waals surface area contributed by atoms with Crippen LogP contribution in [0.2, 0.25) is 0 Å². The molecule has 2 atom stereocenters. The Morgan fingerprint density at radius 3 is 2.90 bits per heavy atom. The minimum atomic E-state index is -0.0342. The molecule has 0 aromatic heterocycles. The third kappa shape index (κ3) is 2.47. The fourth-order valence-corrected chi connectivity index (χ4v) is 3.14. The van der Waals surface area contributed by atoms with Crippen molar-refractivity contribution >= 4 is 11.7 Å². The first-order valence-corrected chi connectivity index (χ1v) is 7.06. The van der Waals surface area contributed by atoms with Gasteiger partial charge in [0.15, 0.2) is 0 Å². The summed E-state index contributed by atoms with van der Waals surface area (Å²) < 4.78 is 0. The second kappa shape index (κ2) is 5.51. The van der Waals surface area contributed by atoms with Gasteiger partial charge >= 0.3 is 6.03 Å². The number of nitriles is 1. The summed E-state index contributed by atoms with van der Waals surface area (Å²) in [5, 5.41) is 15.1. The van der Waals surface area contributed by atoms with Crippen molar-refractivity contribution in [2.24, 2.45) is 5.92 Å². The summed E-state index contributed by atoms with van der Waals surface area (Å²) in [6.45, 7) is 2.74. The number of carbonyl (C=O) groups excluding carboxylic acids is 1. The lowest BCUT2D eigenvalue weighted by molar-refractivity contribution is 0.147. The van der Waals surface area contributed by atoms with Gasteiger partial charge in [0.25, 0.3) is 0 Å². The molecule has 0 spiro atoms. The predicted octanol–water partition coefficient (Wildman–Crippen LogP) is 1.77. The molecule has 2 aliphatic rings. The first kappa shape index (κ1) is 12.9. The maximum atomic E-state index is 12.4. The van der Waals surface area contributed by atoms with Crippen molar-refractivity contribution in [3.05, 3.63) is 29.8 Å². The minimum absolute atomic E-state index is 0.0342. The number of urea groups is 1. The van der Waals surface area contributed by atoms with Crippen LogP contribution in [0.15, 0.2) is 24.3 Å². The number of nitrogens with zero attached hydrogens (tertiary/aromatic N) is 2. The van der Waals surface area contributed by atoms with E-state index in [2.05, 4.69) is 16.7 Å². The highest BCUT2D eigenvalue weighted by Crippen LogP contribution is 2.27. The van der Waals surface area contributed by atoms with E-state index >= 15 is 0 Å². The van der Waals surface area contributed by atoms with Gasteiger partial charge in [0.2, 0.25) is 0 Å². The zero-order valence-electron chi connectivity index (χ0n) is 11.3. The maximum absolute atomic E-state index is 12.4. The van der Waals surface area contributed by atoms with E-state index in [-0.39, 0.29) is 6.03 Å². The maximum Gasteiger partial charge on any atom is 0.322 e. The Labute approximate surface area is 118 Å². The van der Waals surface area contributed by atoms with Crippen molar-refractivity contribution < 1.29 is 4.79 Å². The molecule has 2 fully saturated rings. The van der Waals surface area contributed by atoms with Crippen LogP contribution in [0.1, 0.15) is 18.4 Å².